The maximum absolute atomic E-state index is 14.7. The molecule has 2 aromatic carbocycles. The summed E-state index contributed by atoms with van der Waals surface area (Å²) in [7, 11) is 0. The Balaban J connectivity index is 1.66. The van der Waals surface area contributed by atoms with Crippen LogP contribution in [0.5, 0.6) is 0 Å². The van der Waals surface area contributed by atoms with Crippen molar-refractivity contribution in [3.63, 3.8) is 0 Å². The first-order chi connectivity index (χ1) is 15.7. The standard InChI is InChI=1S/C26H28F6O/c1-2-3-17-4-6-18(7-5-17)19-8-10-20(11-9-19)24(28)25(29)21-12-13-22(23(27)14-21)15-33-16-26(30,31)32/h8-14,17-18H,2-7,15-16H2,1H3/b25-24-. The van der Waals surface area contributed by atoms with Crippen LogP contribution < -0.4 is 0 Å². The van der Waals surface area contributed by atoms with E-state index in [4.69, 9.17) is 0 Å². The van der Waals surface area contributed by atoms with Crippen molar-refractivity contribution in [3.05, 3.63) is 70.5 Å². The molecule has 0 saturated heterocycles. The summed E-state index contributed by atoms with van der Waals surface area (Å²) in [5.74, 6) is -2.11. The smallest absolute Gasteiger partial charge is 0.367 e. The van der Waals surface area contributed by atoms with Crippen LogP contribution in [0.4, 0.5) is 26.3 Å². The number of hydrogen-bond donors (Lipinski definition) is 0. The predicted octanol–water partition coefficient (Wildman–Crippen LogP) is 8.74. The average molecular weight is 470 g/mol. The SMILES string of the molecule is CCCC1CCC(c2ccc(/C(F)=C(/F)c3ccc(COCC(F)(F)F)c(F)c3)cc2)CC1. The van der Waals surface area contributed by atoms with Gasteiger partial charge in [0.05, 0.1) is 6.61 Å². The van der Waals surface area contributed by atoms with Crippen molar-refractivity contribution < 1.29 is 31.1 Å². The Morgan fingerprint density at radius 1 is 0.909 bits per heavy atom. The van der Waals surface area contributed by atoms with Gasteiger partial charge in [-0.3, -0.25) is 0 Å². The molecule has 7 heteroatoms. The van der Waals surface area contributed by atoms with Gasteiger partial charge in [0.15, 0.2) is 11.7 Å². The van der Waals surface area contributed by atoms with E-state index in [9.17, 15) is 26.3 Å². The quantitative estimate of drug-likeness (QED) is 0.277. The maximum atomic E-state index is 14.7. The topological polar surface area (TPSA) is 9.23 Å². The molecule has 2 aromatic rings. The molecule has 0 amide bonds. The minimum absolute atomic E-state index is 0.0499. The maximum Gasteiger partial charge on any atom is 0.411 e. The van der Waals surface area contributed by atoms with Crippen LogP contribution in [0.25, 0.3) is 11.7 Å². The Bertz CT molecular complexity index is 940. The molecule has 1 saturated carbocycles. The van der Waals surface area contributed by atoms with Crippen molar-refractivity contribution in [3.8, 4) is 0 Å². The molecular formula is C26H28F6O. The fourth-order valence-electron chi connectivity index (χ4n) is 4.43. The number of rotatable bonds is 8. The van der Waals surface area contributed by atoms with Gasteiger partial charge in [-0.05, 0) is 49.1 Å². The van der Waals surface area contributed by atoms with Gasteiger partial charge in [0, 0.05) is 16.7 Å². The highest BCUT2D eigenvalue weighted by Gasteiger charge is 2.27. The van der Waals surface area contributed by atoms with Crippen molar-refractivity contribution in [1.29, 1.82) is 0 Å². The van der Waals surface area contributed by atoms with Gasteiger partial charge < -0.3 is 4.74 Å². The van der Waals surface area contributed by atoms with Crippen LogP contribution in [-0.2, 0) is 11.3 Å². The molecule has 0 N–H and O–H groups in total. The molecule has 0 radical (unpaired) electrons. The van der Waals surface area contributed by atoms with E-state index in [0.717, 1.165) is 42.5 Å². The van der Waals surface area contributed by atoms with Crippen LogP contribution >= 0.6 is 0 Å². The summed E-state index contributed by atoms with van der Waals surface area (Å²) < 4.78 is 84.4. The molecule has 0 bridgehead atoms. The minimum atomic E-state index is -4.53. The largest absolute Gasteiger partial charge is 0.411 e. The third kappa shape index (κ3) is 7.10. The molecule has 0 spiro atoms. The van der Waals surface area contributed by atoms with Crippen LogP contribution in [0.1, 0.15) is 73.6 Å². The Morgan fingerprint density at radius 3 is 2.09 bits per heavy atom. The molecule has 0 unspecified atom stereocenters. The lowest BCUT2D eigenvalue weighted by Gasteiger charge is -2.28. The Kier molecular flexibility index (Phi) is 8.63. The fraction of sp³-hybridized carbons (Fsp3) is 0.462. The summed E-state index contributed by atoms with van der Waals surface area (Å²) in [6.07, 6.45) is 2.48. The summed E-state index contributed by atoms with van der Waals surface area (Å²) in [4.78, 5) is 0. The third-order valence-electron chi connectivity index (χ3n) is 6.20. The van der Waals surface area contributed by atoms with Gasteiger partial charge in [0.1, 0.15) is 12.4 Å². The van der Waals surface area contributed by atoms with Crippen LogP contribution in [0.15, 0.2) is 42.5 Å². The van der Waals surface area contributed by atoms with Crippen molar-refractivity contribution in [1.82, 2.24) is 0 Å². The molecule has 1 aliphatic rings. The van der Waals surface area contributed by atoms with E-state index in [2.05, 4.69) is 11.7 Å². The second kappa shape index (κ2) is 11.2. The minimum Gasteiger partial charge on any atom is -0.367 e. The second-order valence-electron chi connectivity index (χ2n) is 8.67. The molecule has 0 aromatic heterocycles. The van der Waals surface area contributed by atoms with Crippen molar-refractivity contribution in [2.24, 2.45) is 5.92 Å². The van der Waals surface area contributed by atoms with Gasteiger partial charge in [-0.2, -0.15) is 13.2 Å². The summed E-state index contributed by atoms with van der Waals surface area (Å²) in [6, 6.07) is 9.64. The molecule has 1 fully saturated rings. The summed E-state index contributed by atoms with van der Waals surface area (Å²) in [5, 5.41) is 0. The molecule has 0 aliphatic heterocycles. The fourth-order valence-corrected chi connectivity index (χ4v) is 4.43. The Morgan fingerprint density at radius 2 is 1.52 bits per heavy atom. The number of ether oxygens (including phenoxy) is 1. The van der Waals surface area contributed by atoms with Gasteiger partial charge in [0.25, 0.3) is 0 Å². The van der Waals surface area contributed by atoms with Gasteiger partial charge in [0.2, 0.25) is 0 Å². The number of benzene rings is 2. The zero-order valence-corrected chi connectivity index (χ0v) is 18.5. The zero-order valence-electron chi connectivity index (χ0n) is 18.5. The molecule has 180 valence electrons. The van der Waals surface area contributed by atoms with E-state index in [1.165, 1.54) is 37.8 Å². The van der Waals surface area contributed by atoms with E-state index < -0.39 is 36.9 Å². The van der Waals surface area contributed by atoms with E-state index in [-0.39, 0.29) is 16.7 Å². The molecule has 3 rings (SSSR count). The molecular weight excluding hydrogens is 442 g/mol. The van der Waals surface area contributed by atoms with Crippen LogP contribution in [0, 0.1) is 11.7 Å². The van der Waals surface area contributed by atoms with Crippen LogP contribution in [0.3, 0.4) is 0 Å². The molecule has 0 heterocycles. The van der Waals surface area contributed by atoms with E-state index >= 15 is 0 Å². The lowest BCUT2D eigenvalue weighted by molar-refractivity contribution is -0.176. The van der Waals surface area contributed by atoms with E-state index in [1.54, 1.807) is 0 Å². The highest BCUT2D eigenvalue weighted by atomic mass is 19.4. The van der Waals surface area contributed by atoms with Gasteiger partial charge in [-0.15, -0.1) is 0 Å². The summed E-state index contributed by atoms with van der Waals surface area (Å²) in [6.45, 7) is 0.0520. The predicted molar refractivity (Wildman–Crippen MR) is 117 cm³/mol. The zero-order chi connectivity index (χ0) is 24.0. The average Bonchev–Trinajstić information content (AvgIpc) is 2.79. The van der Waals surface area contributed by atoms with Gasteiger partial charge in [-0.25, -0.2) is 13.2 Å². The molecule has 1 aliphatic carbocycles. The molecule has 0 atom stereocenters. The highest BCUT2D eigenvalue weighted by Crippen LogP contribution is 2.38. The molecule has 33 heavy (non-hydrogen) atoms. The number of halogens is 6. The molecule has 1 nitrogen and oxygen atoms in total. The lowest BCUT2D eigenvalue weighted by Crippen LogP contribution is -2.17. The first-order valence-electron chi connectivity index (χ1n) is 11.3. The number of hydrogen-bond acceptors (Lipinski definition) is 1. The number of alkyl halides is 3. The Labute approximate surface area is 190 Å². The van der Waals surface area contributed by atoms with Gasteiger partial charge in [-0.1, -0.05) is 56.2 Å². The summed E-state index contributed by atoms with van der Waals surface area (Å²) >= 11 is 0. The van der Waals surface area contributed by atoms with Crippen molar-refractivity contribution in [2.45, 2.75) is 64.1 Å². The summed E-state index contributed by atoms with van der Waals surface area (Å²) in [5.41, 5.74) is 0.655. The first-order valence-corrected chi connectivity index (χ1v) is 11.3. The first kappa shape index (κ1) is 25.3. The highest BCUT2D eigenvalue weighted by molar-refractivity contribution is 5.83. The van der Waals surface area contributed by atoms with Gasteiger partial charge >= 0.3 is 6.18 Å². The van der Waals surface area contributed by atoms with E-state index in [0.29, 0.717) is 5.92 Å². The van der Waals surface area contributed by atoms with Crippen LogP contribution in [0.2, 0.25) is 0 Å². The third-order valence-corrected chi connectivity index (χ3v) is 6.20. The van der Waals surface area contributed by atoms with Crippen LogP contribution in [-0.4, -0.2) is 12.8 Å². The Hall–Kier alpha value is -2.28. The lowest BCUT2D eigenvalue weighted by atomic mass is 9.77. The monoisotopic (exact) mass is 470 g/mol. The van der Waals surface area contributed by atoms with E-state index in [1.807, 2.05) is 12.1 Å². The second-order valence-corrected chi connectivity index (χ2v) is 8.67. The van der Waals surface area contributed by atoms with Crippen molar-refractivity contribution >= 4 is 11.7 Å². The van der Waals surface area contributed by atoms with Crippen molar-refractivity contribution in [2.75, 3.05) is 6.61 Å². The normalized spacial score (nSPS) is 20.0.